The van der Waals surface area contributed by atoms with Gasteiger partial charge in [-0.3, -0.25) is 4.98 Å². The van der Waals surface area contributed by atoms with Crippen LogP contribution in [-0.4, -0.2) is 11.6 Å². The maximum absolute atomic E-state index is 5.83. The summed E-state index contributed by atoms with van der Waals surface area (Å²) in [6.07, 6.45) is 3.52. The first-order valence-corrected chi connectivity index (χ1v) is 7.59. The Morgan fingerprint density at radius 2 is 1.95 bits per heavy atom. The summed E-state index contributed by atoms with van der Waals surface area (Å²) in [4.78, 5) is 4.11. The van der Waals surface area contributed by atoms with Gasteiger partial charge in [0.1, 0.15) is 6.61 Å². The molecule has 0 aliphatic carbocycles. The van der Waals surface area contributed by atoms with E-state index in [0.29, 0.717) is 30.6 Å². The van der Waals surface area contributed by atoms with Gasteiger partial charge in [0.2, 0.25) is 0 Å². The van der Waals surface area contributed by atoms with Gasteiger partial charge < -0.3 is 9.47 Å². The molecule has 0 spiro atoms. The van der Waals surface area contributed by atoms with Gasteiger partial charge in [-0.25, -0.2) is 0 Å². The molecule has 0 aliphatic heterocycles. The van der Waals surface area contributed by atoms with Crippen molar-refractivity contribution in [3.05, 3.63) is 52.3 Å². The van der Waals surface area contributed by atoms with Gasteiger partial charge in [-0.15, -0.1) is 11.6 Å². The summed E-state index contributed by atoms with van der Waals surface area (Å²) in [5.74, 6) is 1.88. The highest BCUT2D eigenvalue weighted by Crippen LogP contribution is 2.29. The second kappa shape index (κ2) is 7.50. The first kappa shape index (κ1) is 15.1. The van der Waals surface area contributed by atoms with Crippen molar-refractivity contribution in [1.82, 2.24) is 4.98 Å². The monoisotopic (exact) mass is 355 g/mol. The Balaban J connectivity index is 2.12. The third kappa shape index (κ3) is 4.12. The number of benzene rings is 1. The second-order valence-corrected chi connectivity index (χ2v) is 5.33. The van der Waals surface area contributed by atoms with Gasteiger partial charge in [0, 0.05) is 28.3 Å². The first-order chi connectivity index (χ1) is 9.72. The number of hydrogen-bond donors (Lipinski definition) is 0. The Morgan fingerprint density at radius 3 is 2.65 bits per heavy atom. The third-order valence-electron chi connectivity index (χ3n) is 2.62. The maximum Gasteiger partial charge on any atom is 0.161 e. The van der Waals surface area contributed by atoms with E-state index in [2.05, 4.69) is 20.9 Å². The molecule has 0 amide bonds. The number of aromatic nitrogens is 1. The topological polar surface area (TPSA) is 31.4 Å². The molecule has 3 nitrogen and oxygen atoms in total. The summed E-state index contributed by atoms with van der Waals surface area (Å²) in [5, 5.41) is 0. The van der Waals surface area contributed by atoms with E-state index < -0.39 is 0 Å². The minimum Gasteiger partial charge on any atom is -0.490 e. The predicted octanol–water partition coefficient (Wildman–Crippen LogP) is 4.56. The van der Waals surface area contributed by atoms with Crippen LogP contribution >= 0.6 is 27.5 Å². The van der Waals surface area contributed by atoms with E-state index >= 15 is 0 Å². The minimum absolute atomic E-state index is 0.437. The van der Waals surface area contributed by atoms with Crippen LogP contribution in [0.15, 0.2) is 41.1 Å². The van der Waals surface area contributed by atoms with Gasteiger partial charge in [0.25, 0.3) is 0 Å². The number of alkyl halides is 1. The third-order valence-corrected chi connectivity index (χ3v) is 3.36. The Hall–Kier alpha value is -1.26. The fourth-order valence-electron chi connectivity index (χ4n) is 1.72. The van der Waals surface area contributed by atoms with Gasteiger partial charge >= 0.3 is 0 Å². The number of hydrogen-bond acceptors (Lipinski definition) is 3. The van der Waals surface area contributed by atoms with E-state index in [1.165, 1.54) is 0 Å². The summed E-state index contributed by atoms with van der Waals surface area (Å²) in [6.45, 7) is 2.96. The normalized spacial score (nSPS) is 10.3. The van der Waals surface area contributed by atoms with Crippen LogP contribution < -0.4 is 9.47 Å². The van der Waals surface area contributed by atoms with Crippen molar-refractivity contribution < 1.29 is 9.47 Å². The van der Waals surface area contributed by atoms with Crippen LogP contribution in [0.25, 0.3) is 0 Å². The zero-order valence-electron chi connectivity index (χ0n) is 11.1. The van der Waals surface area contributed by atoms with Gasteiger partial charge in [0.05, 0.1) is 6.61 Å². The van der Waals surface area contributed by atoms with E-state index in [1.54, 1.807) is 12.4 Å². The van der Waals surface area contributed by atoms with E-state index in [1.807, 2.05) is 31.2 Å². The van der Waals surface area contributed by atoms with Crippen LogP contribution in [0.2, 0.25) is 0 Å². The fraction of sp³-hybridized carbons (Fsp3) is 0.267. The molecule has 5 heteroatoms. The lowest BCUT2D eigenvalue weighted by Crippen LogP contribution is -2.00. The molecule has 0 bridgehead atoms. The van der Waals surface area contributed by atoms with E-state index in [0.717, 1.165) is 15.6 Å². The Morgan fingerprint density at radius 1 is 1.10 bits per heavy atom. The standard InChI is InChI=1S/C15H15BrClNO2/c1-2-19-15-6-11(7-17)3-4-14(15)20-10-12-5-13(16)9-18-8-12/h3-6,8-9H,2,7,10H2,1H3. The molecule has 0 unspecified atom stereocenters. The lowest BCUT2D eigenvalue weighted by molar-refractivity contribution is 0.269. The number of rotatable bonds is 6. The molecular formula is C15H15BrClNO2. The van der Waals surface area contributed by atoms with Crippen LogP contribution in [0, 0.1) is 0 Å². The number of halogens is 2. The molecule has 0 radical (unpaired) electrons. The SMILES string of the molecule is CCOc1cc(CCl)ccc1OCc1cncc(Br)c1. The van der Waals surface area contributed by atoms with E-state index in [4.69, 9.17) is 21.1 Å². The van der Waals surface area contributed by atoms with Crippen molar-refractivity contribution in [2.75, 3.05) is 6.61 Å². The Kier molecular flexibility index (Phi) is 5.68. The number of pyridine rings is 1. The zero-order valence-corrected chi connectivity index (χ0v) is 13.4. The predicted molar refractivity (Wildman–Crippen MR) is 83.4 cm³/mol. The lowest BCUT2D eigenvalue weighted by Gasteiger charge is -2.13. The molecule has 0 N–H and O–H groups in total. The molecule has 106 valence electrons. The van der Waals surface area contributed by atoms with Crippen LogP contribution in [0.1, 0.15) is 18.1 Å². The summed E-state index contributed by atoms with van der Waals surface area (Å²) < 4.78 is 12.3. The largest absolute Gasteiger partial charge is 0.490 e. The van der Waals surface area contributed by atoms with Crippen molar-refractivity contribution in [1.29, 1.82) is 0 Å². The number of ether oxygens (including phenoxy) is 2. The van der Waals surface area contributed by atoms with Gasteiger partial charge in [-0.05, 0) is 46.6 Å². The summed E-state index contributed by atoms with van der Waals surface area (Å²) in [7, 11) is 0. The number of nitrogens with zero attached hydrogens (tertiary/aromatic N) is 1. The molecule has 1 heterocycles. The van der Waals surface area contributed by atoms with Gasteiger partial charge in [0.15, 0.2) is 11.5 Å². The van der Waals surface area contributed by atoms with Crippen LogP contribution in [-0.2, 0) is 12.5 Å². The van der Waals surface area contributed by atoms with Crippen LogP contribution in [0.3, 0.4) is 0 Å². The highest BCUT2D eigenvalue weighted by atomic mass is 79.9. The van der Waals surface area contributed by atoms with E-state index in [9.17, 15) is 0 Å². The molecular weight excluding hydrogens is 342 g/mol. The highest BCUT2D eigenvalue weighted by Gasteiger charge is 2.07. The smallest absolute Gasteiger partial charge is 0.161 e. The molecule has 0 saturated carbocycles. The molecule has 1 aromatic carbocycles. The van der Waals surface area contributed by atoms with E-state index in [-0.39, 0.29) is 0 Å². The molecule has 0 saturated heterocycles. The fourth-order valence-corrected chi connectivity index (χ4v) is 2.30. The lowest BCUT2D eigenvalue weighted by atomic mass is 10.2. The van der Waals surface area contributed by atoms with Crippen LogP contribution in [0.5, 0.6) is 11.5 Å². The average Bonchev–Trinajstić information content (AvgIpc) is 2.46. The average molecular weight is 357 g/mol. The second-order valence-electron chi connectivity index (χ2n) is 4.15. The van der Waals surface area contributed by atoms with Crippen LogP contribution in [0.4, 0.5) is 0 Å². The van der Waals surface area contributed by atoms with Crippen molar-refractivity contribution in [2.45, 2.75) is 19.4 Å². The molecule has 0 fully saturated rings. The molecule has 2 aromatic rings. The molecule has 2 rings (SSSR count). The van der Waals surface area contributed by atoms with Crippen molar-refractivity contribution in [2.24, 2.45) is 0 Å². The van der Waals surface area contributed by atoms with Crippen molar-refractivity contribution in [3.63, 3.8) is 0 Å². The Bertz CT molecular complexity index is 578. The zero-order chi connectivity index (χ0) is 14.4. The Labute approximate surface area is 132 Å². The molecule has 20 heavy (non-hydrogen) atoms. The van der Waals surface area contributed by atoms with Crippen molar-refractivity contribution in [3.8, 4) is 11.5 Å². The summed E-state index contributed by atoms with van der Waals surface area (Å²) >= 11 is 9.22. The maximum atomic E-state index is 5.83. The summed E-state index contributed by atoms with van der Waals surface area (Å²) in [6, 6.07) is 7.70. The minimum atomic E-state index is 0.437. The molecule has 0 aliphatic rings. The summed E-state index contributed by atoms with van der Waals surface area (Å²) in [5.41, 5.74) is 2.00. The molecule has 1 aromatic heterocycles. The molecule has 0 atom stereocenters. The van der Waals surface area contributed by atoms with Crippen molar-refractivity contribution >= 4 is 27.5 Å². The van der Waals surface area contributed by atoms with Gasteiger partial charge in [-0.1, -0.05) is 6.07 Å². The quantitative estimate of drug-likeness (QED) is 0.711. The van der Waals surface area contributed by atoms with Gasteiger partial charge in [-0.2, -0.15) is 0 Å². The highest BCUT2D eigenvalue weighted by molar-refractivity contribution is 9.10. The first-order valence-electron chi connectivity index (χ1n) is 6.27.